The van der Waals surface area contributed by atoms with Crippen LogP contribution in [0.5, 0.6) is 11.5 Å². The summed E-state index contributed by atoms with van der Waals surface area (Å²) in [6.07, 6.45) is 4.41. The van der Waals surface area contributed by atoms with Gasteiger partial charge in [-0.15, -0.1) is 0 Å². The van der Waals surface area contributed by atoms with Gasteiger partial charge in [-0.3, -0.25) is 4.79 Å². The van der Waals surface area contributed by atoms with Gasteiger partial charge in [0.2, 0.25) is 0 Å². The number of amides is 1. The fraction of sp³-hybridized carbons (Fsp3) is 0.435. The molecule has 2 aromatic carbocycles. The Bertz CT molecular complexity index is 776. The van der Waals surface area contributed by atoms with Crippen LogP contribution in [0.1, 0.15) is 47.6 Å². The number of carbonyl (C=O) groups is 1. The minimum absolute atomic E-state index is 0.119. The summed E-state index contributed by atoms with van der Waals surface area (Å²) in [7, 11) is 7.35. The van der Waals surface area contributed by atoms with Gasteiger partial charge >= 0.3 is 0 Å². The Morgan fingerprint density at radius 2 is 1.54 bits per heavy atom. The van der Waals surface area contributed by atoms with Gasteiger partial charge in [-0.1, -0.05) is 49.2 Å². The Labute approximate surface area is 167 Å². The maximum atomic E-state index is 13.4. The molecule has 1 N–H and O–H groups in total. The van der Waals surface area contributed by atoms with Gasteiger partial charge in [0, 0.05) is 5.54 Å². The third-order valence-electron chi connectivity index (χ3n) is 5.96. The van der Waals surface area contributed by atoms with Crippen LogP contribution in [0.3, 0.4) is 0 Å². The largest absolute Gasteiger partial charge is 0.496 e. The smallest absolute Gasteiger partial charge is 0.259 e. The van der Waals surface area contributed by atoms with Crippen molar-refractivity contribution in [3.05, 3.63) is 59.7 Å². The Morgan fingerprint density at radius 3 is 2.04 bits per heavy atom. The lowest BCUT2D eigenvalue weighted by Gasteiger charge is -2.44. The number of methoxy groups -OCH3 is 2. The quantitative estimate of drug-likeness (QED) is 0.785. The molecule has 1 saturated carbocycles. The van der Waals surface area contributed by atoms with Crippen LogP contribution in [-0.2, 0) is 0 Å². The van der Waals surface area contributed by atoms with Crippen molar-refractivity contribution in [2.75, 3.05) is 28.3 Å². The third kappa shape index (κ3) is 3.72. The highest BCUT2D eigenvalue weighted by atomic mass is 16.5. The SMILES string of the molecule is COc1cccc(OC)c1C(=O)NC(c1ccccc1)C1(N(C)C)CCCC1. The standard InChI is InChI=1S/C23H30N2O3/c1-25(2)23(15-8-9-16-23)21(17-11-6-5-7-12-17)24-22(26)20-18(27-3)13-10-14-19(20)28-4/h5-7,10-14,21H,8-9,15-16H2,1-4H3,(H,24,26). The van der Waals surface area contributed by atoms with E-state index in [0.717, 1.165) is 31.2 Å². The van der Waals surface area contributed by atoms with Crippen LogP contribution >= 0.6 is 0 Å². The number of rotatable bonds is 7. The van der Waals surface area contributed by atoms with E-state index in [0.29, 0.717) is 17.1 Å². The second kappa shape index (κ2) is 8.65. The van der Waals surface area contributed by atoms with Crippen LogP contribution in [0.4, 0.5) is 0 Å². The molecule has 0 aliphatic heterocycles. The van der Waals surface area contributed by atoms with E-state index in [1.807, 2.05) is 24.3 Å². The van der Waals surface area contributed by atoms with Crippen molar-refractivity contribution in [3.8, 4) is 11.5 Å². The molecule has 28 heavy (non-hydrogen) atoms. The number of likely N-dealkylation sites (N-methyl/N-ethyl adjacent to an activating group) is 1. The number of hydrogen-bond donors (Lipinski definition) is 1. The van der Waals surface area contributed by atoms with Crippen molar-refractivity contribution in [3.63, 3.8) is 0 Å². The van der Waals surface area contributed by atoms with E-state index in [4.69, 9.17) is 9.47 Å². The monoisotopic (exact) mass is 382 g/mol. The van der Waals surface area contributed by atoms with Crippen LogP contribution < -0.4 is 14.8 Å². The molecule has 0 saturated heterocycles. The Balaban J connectivity index is 2.03. The van der Waals surface area contributed by atoms with Gasteiger partial charge in [-0.05, 0) is 44.6 Å². The van der Waals surface area contributed by atoms with Gasteiger partial charge < -0.3 is 19.7 Å². The van der Waals surface area contributed by atoms with E-state index in [9.17, 15) is 4.79 Å². The van der Waals surface area contributed by atoms with Crippen molar-refractivity contribution in [1.29, 1.82) is 0 Å². The molecule has 3 rings (SSSR count). The third-order valence-corrected chi connectivity index (χ3v) is 5.96. The van der Waals surface area contributed by atoms with Gasteiger partial charge in [0.25, 0.3) is 5.91 Å². The summed E-state index contributed by atoms with van der Waals surface area (Å²) in [5.41, 5.74) is 1.42. The first-order valence-corrected chi connectivity index (χ1v) is 9.77. The highest BCUT2D eigenvalue weighted by Crippen LogP contribution is 2.44. The molecule has 1 aliphatic carbocycles. The number of nitrogens with one attached hydrogen (secondary N) is 1. The Hall–Kier alpha value is -2.53. The van der Waals surface area contributed by atoms with Crippen molar-refractivity contribution < 1.29 is 14.3 Å². The lowest BCUT2D eigenvalue weighted by Crippen LogP contribution is -2.53. The van der Waals surface area contributed by atoms with Gasteiger partial charge in [0.1, 0.15) is 17.1 Å². The fourth-order valence-electron chi connectivity index (χ4n) is 4.43. The Kier molecular flexibility index (Phi) is 6.25. The highest BCUT2D eigenvalue weighted by Gasteiger charge is 2.45. The first-order valence-electron chi connectivity index (χ1n) is 9.77. The molecule has 0 radical (unpaired) electrons. The second-order valence-electron chi connectivity index (χ2n) is 7.56. The topological polar surface area (TPSA) is 50.8 Å². The molecule has 5 nitrogen and oxygen atoms in total. The maximum Gasteiger partial charge on any atom is 0.259 e. The molecule has 1 atom stereocenters. The lowest BCUT2D eigenvalue weighted by molar-refractivity contribution is 0.0761. The molecule has 1 unspecified atom stereocenters. The van der Waals surface area contributed by atoms with Crippen LogP contribution in [0.2, 0.25) is 0 Å². The van der Waals surface area contributed by atoms with Crippen LogP contribution in [0, 0.1) is 0 Å². The minimum atomic E-state index is -0.184. The summed E-state index contributed by atoms with van der Waals surface area (Å²) in [5.74, 6) is 0.833. The molecular formula is C23H30N2O3. The van der Waals surface area contributed by atoms with Crippen LogP contribution in [0.25, 0.3) is 0 Å². The summed E-state index contributed by atoms with van der Waals surface area (Å²) in [6.45, 7) is 0. The van der Waals surface area contributed by atoms with E-state index in [2.05, 4.69) is 36.4 Å². The number of hydrogen-bond acceptors (Lipinski definition) is 4. The van der Waals surface area contributed by atoms with E-state index in [1.165, 1.54) is 0 Å². The molecule has 150 valence electrons. The van der Waals surface area contributed by atoms with Crippen molar-refractivity contribution in [2.24, 2.45) is 0 Å². The van der Waals surface area contributed by atoms with Crippen LogP contribution in [-0.4, -0.2) is 44.7 Å². The second-order valence-corrected chi connectivity index (χ2v) is 7.56. The molecule has 1 fully saturated rings. The van der Waals surface area contributed by atoms with E-state index < -0.39 is 0 Å². The molecule has 5 heteroatoms. The normalized spacial score (nSPS) is 16.6. The lowest BCUT2D eigenvalue weighted by atomic mass is 9.82. The van der Waals surface area contributed by atoms with Crippen molar-refractivity contribution >= 4 is 5.91 Å². The van der Waals surface area contributed by atoms with Crippen LogP contribution in [0.15, 0.2) is 48.5 Å². The zero-order valence-corrected chi connectivity index (χ0v) is 17.2. The molecule has 1 amide bonds. The minimum Gasteiger partial charge on any atom is -0.496 e. The molecule has 0 bridgehead atoms. The zero-order valence-electron chi connectivity index (χ0n) is 17.2. The summed E-state index contributed by atoms with van der Waals surface area (Å²) >= 11 is 0. The highest BCUT2D eigenvalue weighted by molar-refractivity contribution is 6.00. The average Bonchev–Trinajstić information content (AvgIpc) is 3.23. The van der Waals surface area contributed by atoms with Crippen molar-refractivity contribution in [1.82, 2.24) is 10.2 Å². The number of ether oxygens (including phenoxy) is 2. The summed E-state index contributed by atoms with van der Waals surface area (Å²) < 4.78 is 10.9. The summed E-state index contributed by atoms with van der Waals surface area (Å²) in [4.78, 5) is 15.7. The number of carbonyl (C=O) groups excluding carboxylic acids is 1. The average molecular weight is 383 g/mol. The van der Waals surface area contributed by atoms with Gasteiger partial charge in [0.15, 0.2) is 0 Å². The first kappa shape index (κ1) is 20.2. The molecule has 0 spiro atoms. The van der Waals surface area contributed by atoms with E-state index >= 15 is 0 Å². The van der Waals surface area contributed by atoms with Gasteiger partial charge in [0.05, 0.1) is 20.3 Å². The van der Waals surface area contributed by atoms with Gasteiger partial charge in [-0.2, -0.15) is 0 Å². The van der Waals surface area contributed by atoms with E-state index in [-0.39, 0.29) is 17.5 Å². The summed E-state index contributed by atoms with van der Waals surface area (Å²) in [5, 5.41) is 3.32. The summed E-state index contributed by atoms with van der Waals surface area (Å²) in [6, 6.07) is 15.5. The first-order chi connectivity index (χ1) is 13.5. The predicted octanol–water partition coefficient (Wildman–Crippen LogP) is 4.05. The number of benzene rings is 2. The Morgan fingerprint density at radius 1 is 0.964 bits per heavy atom. The predicted molar refractivity (Wildman–Crippen MR) is 111 cm³/mol. The molecular weight excluding hydrogens is 352 g/mol. The molecule has 0 aromatic heterocycles. The number of nitrogens with zero attached hydrogens (tertiary/aromatic N) is 1. The van der Waals surface area contributed by atoms with Crippen molar-refractivity contribution in [2.45, 2.75) is 37.3 Å². The van der Waals surface area contributed by atoms with E-state index in [1.54, 1.807) is 26.4 Å². The maximum absolute atomic E-state index is 13.4. The zero-order chi connectivity index (χ0) is 20.1. The fourth-order valence-corrected chi connectivity index (χ4v) is 4.43. The molecule has 1 aliphatic rings. The van der Waals surface area contributed by atoms with Gasteiger partial charge in [-0.25, -0.2) is 0 Å². The molecule has 2 aromatic rings. The molecule has 0 heterocycles.